The summed E-state index contributed by atoms with van der Waals surface area (Å²) >= 11 is 11.9. The standard InChI is InChI=1S/C18H12Cl2N2O4/c19-12-3-1-10(2-4-12)9-26-15-6-5-13(20)7-11(15)8-14-16(23)21-18(25)22-17(14)24/h1-8H,9H2,(H2,21,22,23,24,25). The first-order valence-corrected chi connectivity index (χ1v) is 8.23. The molecule has 8 heteroatoms. The van der Waals surface area contributed by atoms with E-state index in [0.717, 1.165) is 5.56 Å². The number of carbonyl (C=O) groups is 3. The number of imide groups is 2. The Morgan fingerprint density at radius 1 is 0.885 bits per heavy atom. The van der Waals surface area contributed by atoms with Crippen LogP contribution in [0.1, 0.15) is 11.1 Å². The Hall–Kier alpha value is -2.83. The fourth-order valence-electron chi connectivity index (χ4n) is 2.27. The van der Waals surface area contributed by atoms with E-state index in [4.69, 9.17) is 27.9 Å². The molecule has 0 aromatic heterocycles. The number of benzene rings is 2. The normalized spacial score (nSPS) is 13.9. The van der Waals surface area contributed by atoms with Crippen molar-refractivity contribution in [2.45, 2.75) is 6.61 Å². The van der Waals surface area contributed by atoms with E-state index >= 15 is 0 Å². The average Bonchev–Trinajstić information content (AvgIpc) is 2.58. The van der Waals surface area contributed by atoms with E-state index in [1.807, 2.05) is 22.8 Å². The Bertz CT molecular complexity index is 901. The number of barbiturate groups is 1. The van der Waals surface area contributed by atoms with Crippen molar-refractivity contribution in [1.82, 2.24) is 10.6 Å². The monoisotopic (exact) mass is 390 g/mol. The Balaban J connectivity index is 1.87. The third-order valence-electron chi connectivity index (χ3n) is 3.52. The number of ether oxygens (including phenoxy) is 1. The van der Waals surface area contributed by atoms with Crippen molar-refractivity contribution in [2.24, 2.45) is 0 Å². The molecule has 0 aliphatic carbocycles. The summed E-state index contributed by atoms with van der Waals surface area (Å²) in [6, 6.07) is 11.1. The first-order chi connectivity index (χ1) is 12.4. The van der Waals surface area contributed by atoms with Crippen LogP contribution in [0.15, 0.2) is 48.0 Å². The van der Waals surface area contributed by atoms with Crippen LogP contribution in [0, 0.1) is 0 Å². The van der Waals surface area contributed by atoms with Crippen LogP contribution >= 0.6 is 23.2 Å². The van der Waals surface area contributed by atoms with E-state index in [1.54, 1.807) is 30.3 Å². The molecule has 0 atom stereocenters. The summed E-state index contributed by atoms with van der Waals surface area (Å²) in [5.41, 5.74) is 1.10. The minimum absolute atomic E-state index is 0.219. The van der Waals surface area contributed by atoms with Crippen molar-refractivity contribution in [2.75, 3.05) is 0 Å². The molecule has 26 heavy (non-hydrogen) atoms. The second-order valence-corrected chi connectivity index (χ2v) is 6.27. The van der Waals surface area contributed by atoms with Crippen molar-refractivity contribution < 1.29 is 19.1 Å². The number of nitrogens with one attached hydrogen (secondary N) is 2. The molecule has 3 rings (SSSR count). The molecule has 4 amide bonds. The minimum atomic E-state index is -0.859. The van der Waals surface area contributed by atoms with Gasteiger partial charge < -0.3 is 4.74 Å². The summed E-state index contributed by atoms with van der Waals surface area (Å²) in [4.78, 5) is 34.9. The maximum Gasteiger partial charge on any atom is 0.328 e. The van der Waals surface area contributed by atoms with Gasteiger partial charge in [-0.1, -0.05) is 35.3 Å². The van der Waals surface area contributed by atoms with Crippen LogP contribution < -0.4 is 15.4 Å². The first kappa shape index (κ1) is 18.0. The number of hydrogen-bond acceptors (Lipinski definition) is 4. The second kappa shape index (κ2) is 7.59. The molecular weight excluding hydrogens is 379 g/mol. The van der Waals surface area contributed by atoms with Gasteiger partial charge in [0, 0.05) is 15.6 Å². The van der Waals surface area contributed by atoms with Crippen LogP contribution in [-0.4, -0.2) is 17.8 Å². The highest BCUT2D eigenvalue weighted by Gasteiger charge is 2.28. The molecular formula is C18H12Cl2N2O4. The van der Waals surface area contributed by atoms with E-state index in [1.165, 1.54) is 6.08 Å². The van der Waals surface area contributed by atoms with Gasteiger partial charge in [-0.15, -0.1) is 0 Å². The first-order valence-electron chi connectivity index (χ1n) is 7.47. The Morgan fingerprint density at radius 2 is 1.50 bits per heavy atom. The molecule has 0 unspecified atom stereocenters. The maximum absolute atomic E-state index is 11.9. The number of rotatable bonds is 4. The molecule has 0 radical (unpaired) electrons. The molecule has 1 fully saturated rings. The zero-order valence-corrected chi connectivity index (χ0v) is 14.7. The lowest BCUT2D eigenvalue weighted by Gasteiger charge is -2.15. The predicted octanol–water partition coefficient (Wildman–Crippen LogP) is 3.32. The van der Waals surface area contributed by atoms with Gasteiger partial charge in [0.2, 0.25) is 0 Å². The fourth-order valence-corrected chi connectivity index (χ4v) is 2.57. The molecule has 2 aromatic carbocycles. The van der Waals surface area contributed by atoms with Gasteiger partial charge in [-0.05, 0) is 42.0 Å². The minimum Gasteiger partial charge on any atom is -0.488 e. The summed E-state index contributed by atoms with van der Waals surface area (Å²) in [7, 11) is 0. The van der Waals surface area contributed by atoms with Gasteiger partial charge >= 0.3 is 6.03 Å². The zero-order valence-electron chi connectivity index (χ0n) is 13.2. The van der Waals surface area contributed by atoms with Crippen molar-refractivity contribution in [1.29, 1.82) is 0 Å². The number of hydrogen-bond donors (Lipinski definition) is 2. The number of amides is 4. The van der Waals surface area contributed by atoms with Crippen molar-refractivity contribution in [3.63, 3.8) is 0 Å². The van der Waals surface area contributed by atoms with Crippen LogP contribution in [0.5, 0.6) is 5.75 Å². The van der Waals surface area contributed by atoms with E-state index in [0.29, 0.717) is 21.4 Å². The summed E-state index contributed by atoms with van der Waals surface area (Å²) in [5, 5.41) is 5.05. The second-order valence-electron chi connectivity index (χ2n) is 5.39. The van der Waals surface area contributed by atoms with Crippen LogP contribution in [-0.2, 0) is 16.2 Å². The van der Waals surface area contributed by atoms with Gasteiger partial charge in [-0.3, -0.25) is 20.2 Å². The summed E-state index contributed by atoms with van der Waals surface area (Å²) in [6.07, 6.45) is 1.32. The van der Waals surface area contributed by atoms with Gasteiger partial charge in [0.25, 0.3) is 11.8 Å². The van der Waals surface area contributed by atoms with Crippen LogP contribution in [0.3, 0.4) is 0 Å². The topological polar surface area (TPSA) is 84.5 Å². The fraction of sp³-hybridized carbons (Fsp3) is 0.0556. The highest BCUT2D eigenvalue weighted by molar-refractivity contribution is 6.32. The summed E-state index contributed by atoms with van der Waals surface area (Å²) in [5.74, 6) is -1.15. The van der Waals surface area contributed by atoms with E-state index in [9.17, 15) is 14.4 Å². The quantitative estimate of drug-likeness (QED) is 0.619. The lowest BCUT2D eigenvalue weighted by Crippen LogP contribution is -2.51. The van der Waals surface area contributed by atoms with E-state index in [-0.39, 0.29) is 12.2 Å². The van der Waals surface area contributed by atoms with Gasteiger partial charge in [0.1, 0.15) is 17.9 Å². The Morgan fingerprint density at radius 3 is 2.15 bits per heavy atom. The molecule has 1 saturated heterocycles. The number of carbonyl (C=O) groups excluding carboxylic acids is 3. The molecule has 0 spiro atoms. The molecule has 0 bridgehead atoms. The average molecular weight is 391 g/mol. The molecule has 1 aliphatic rings. The van der Waals surface area contributed by atoms with E-state index in [2.05, 4.69) is 0 Å². The third kappa shape index (κ3) is 4.22. The van der Waals surface area contributed by atoms with Crippen LogP contribution in [0.25, 0.3) is 6.08 Å². The van der Waals surface area contributed by atoms with Crippen molar-refractivity contribution in [3.8, 4) is 5.75 Å². The Kier molecular flexibility index (Phi) is 5.25. The molecule has 6 nitrogen and oxygen atoms in total. The van der Waals surface area contributed by atoms with Gasteiger partial charge in [-0.2, -0.15) is 0 Å². The van der Waals surface area contributed by atoms with Gasteiger partial charge in [0.15, 0.2) is 0 Å². The molecule has 2 N–H and O–H groups in total. The van der Waals surface area contributed by atoms with Crippen molar-refractivity contribution in [3.05, 3.63) is 69.2 Å². The smallest absolute Gasteiger partial charge is 0.328 e. The zero-order chi connectivity index (χ0) is 18.7. The third-order valence-corrected chi connectivity index (χ3v) is 4.01. The largest absolute Gasteiger partial charge is 0.488 e. The lowest BCUT2D eigenvalue weighted by molar-refractivity contribution is -0.123. The maximum atomic E-state index is 11.9. The molecule has 1 heterocycles. The number of urea groups is 1. The summed E-state index contributed by atoms with van der Waals surface area (Å²) < 4.78 is 5.77. The van der Waals surface area contributed by atoms with Gasteiger partial charge in [-0.25, -0.2) is 4.79 Å². The van der Waals surface area contributed by atoms with E-state index < -0.39 is 17.8 Å². The molecule has 2 aromatic rings. The van der Waals surface area contributed by atoms with Crippen LogP contribution in [0.4, 0.5) is 4.79 Å². The molecule has 132 valence electrons. The summed E-state index contributed by atoms with van der Waals surface area (Å²) in [6.45, 7) is 0.256. The van der Waals surface area contributed by atoms with Crippen LogP contribution in [0.2, 0.25) is 10.0 Å². The molecule has 1 aliphatic heterocycles. The Labute approximate surface area is 158 Å². The highest BCUT2D eigenvalue weighted by atomic mass is 35.5. The van der Waals surface area contributed by atoms with Crippen molar-refractivity contribution >= 4 is 47.1 Å². The number of halogens is 2. The molecule has 0 saturated carbocycles. The highest BCUT2D eigenvalue weighted by Crippen LogP contribution is 2.27. The SMILES string of the molecule is O=C1NC(=O)C(=Cc2cc(Cl)ccc2OCc2ccc(Cl)cc2)C(=O)N1. The predicted molar refractivity (Wildman–Crippen MR) is 96.9 cm³/mol. The van der Waals surface area contributed by atoms with Gasteiger partial charge in [0.05, 0.1) is 0 Å². The lowest BCUT2D eigenvalue weighted by atomic mass is 10.1.